The number of anilines is 3. The zero-order chi connectivity index (χ0) is 32.9. The fourth-order valence-electron chi connectivity index (χ4n) is 7.72. The Hall–Kier alpha value is -4.36. The van der Waals surface area contributed by atoms with Gasteiger partial charge in [0.05, 0.1) is 29.7 Å². The van der Waals surface area contributed by atoms with Crippen LogP contribution in [0.5, 0.6) is 5.75 Å². The predicted molar refractivity (Wildman–Crippen MR) is 178 cm³/mol. The minimum absolute atomic E-state index is 0.0124. The summed E-state index contributed by atoms with van der Waals surface area (Å²) in [6, 6.07) is 22.9. The minimum atomic E-state index is -2.90. The lowest BCUT2D eigenvalue weighted by molar-refractivity contribution is -0.146. The maximum atomic E-state index is 14.9. The summed E-state index contributed by atoms with van der Waals surface area (Å²) in [5.74, 6) is -0.143. The highest BCUT2D eigenvalue weighted by Gasteiger charge is 2.66. The SMILES string of the molecule is C[C@H]1[C@H]([Si](C)(C)O)[C@@H](CCn2cc(CCO)nn2)O[C@]12C(=O)N(Cc1ccccc1)c1ccc(N3C(=O)COc4ccccc43)cc12. The monoisotopic (exact) mass is 653 g/mol. The van der Waals surface area contributed by atoms with E-state index in [-0.39, 0.29) is 36.5 Å². The van der Waals surface area contributed by atoms with Crippen molar-refractivity contribution in [2.24, 2.45) is 5.92 Å². The lowest BCUT2D eigenvalue weighted by Gasteiger charge is -2.33. The van der Waals surface area contributed by atoms with Gasteiger partial charge in [0.1, 0.15) is 5.75 Å². The fourth-order valence-corrected chi connectivity index (χ4v) is 10.3. The predicted octanol–water partition coefficient (Wildman–Crippen LogP) is 4.30. The molecule has 2 N–H and O–H groups in total. The molecule has 2 amide bonds. The summed E-state index contributed by atoms with van der Waals surface area (Å²) in [7, 11) is -2.90. The van der Waals surface area contributed by atoms with Crippen LogP contribution in [0.3, 0.4) is 0 Å². The Morgan fingerprint density at radius 3 is 2.55 bits per heavy atom. The van der Waals surface area contributed by atoms with Crippen LogP contribution in [-0.4, -0.2) is 64.3 Å². The average molecular weight is 654 g/mol. The number of rotatable bonds is 9. The number of aliphatic hydroxyl groups is 1. The molecule has 3 aliphatic heterocycles. The van der Waals surface area contributed by atoms with E-state index < -0.39 is 20.0 Å². The van der Waals surface area contributed by atoms with Crippen LogP contribution in [0, 0.1) is 5.92 Å². The van der Waals surface area contributed by atoms with Crippen molar-refractivity contribution in [3.8, 4) is 5.75 Å². The van der Waals surface area contributed by atoms with Crippen LogP contribution < -0.4 is 14.5 Å². The largest absolute Gasteiger partial charge is 0.482 e. The molecule has 4 atom stereocenters. The van der Waals surface area contributed by atoms with Crippen LogP contribution in [0.25, 0.3) is 0 Å². The van der Waals surface area contributed by atoms with E-state index in [1.165, 1.54) is 0 Å². The van der Waals surface area contributed by atoms with Gasteiger partial charge >= 0.3 is 0 Å². The van der Waals surface area contributed by atoms with Gasteiger partial charge in [0, 0.05) is 48.5 Å². The van der Waals surface area contributed by atoms with Gasteiger partial charge < -0.3 is 24.3 Å². The molecule has 12 heteroatoms. The Morgan fingerprint density at radius 2 is 1.79 bits per heavy atom. The number of ether oxygens (including phenoxy) is 2. The van der Waals surface area contributed by atoms with Gasteiger partial charge in [-0.25, -0.2) is 0 Å². The average Bonchev–Trinajstić information content (AvgIpc) is 3.70. The maximum absolute atomic E-state index is 14.9. The van der Waals surface area contributed by atoms with Crippen LogP contribution in [0.4, 0.5) is 17.1 Å². The van der Waals surface area contributed by atoms with Gasteiger partial charge in [-0.2, -0.15) is 0 Å². The van der Waals surface area contributed by atoms with Crippen molar-refractivity contribution in [2.45, 2.75) is 63.2 Å². The third-order valence-corrected chi connectivity index (χ3v) is 12.2. The number of carbonyl (C=O) groups is 2. The number of aliphatic hydroxyl groups excluding tert-OH is 1. The molecule has 4 heterocycles. The lowest BCUT2D eigenvalue weighted by atomic mass is 9.82. The summed E-state index contributed by atoms with van der Waals surface area (Å²) in [6.45, 7) is 6.54. The Bertz CT molecular complexity index is 1810. The summed E-state index contributed by atoms with van der Waals surface area (Å²) in [5, 5.41) is 17.7. The summed E-state index contributed by atoms with van der Waals surface area (Å²) in [4.78, 5) is 43.4. The van der Waals surface area contributed by atoms with E-state index in [0.717, 1.165) is 11.3 Å². The van der Waals surface area contributed by atoms with Crippen LogP contribution in [0.15, 0.2) is 79.0 Å². The van der Waals surface area contributed by atoms with Gasteiger partial charge in [-0.15, -0.1) is 5.10 Å². The fraction of sp³-hybridized carbons (Fsp3) is 0.371. The van der Waals surface area contributed by atoms with Crippen molar-refractivity contribution in [1.82, 2.24) is 15.0 Å². The second-order valence-electron chi connectivity index (χ2n) is 13.2. The van der Waals surface area contributed by atoms with Gasteiger partial charge in [-0.05, 0) is 55.4 Å². The third-order valence-electron chi connectivity index (χ3n) is 9.71. The van der Waals surface area contributed by atoms with Crippen LogP contribution in [0.2, 0.25) is 18.6 Å². The Kier molecular flexibility index (Phi) is 7.99. The minimum Gasteiger partial charge on any atom is -0.482 e. The Labute approximate surface area is 274 Å². The second kappa shape index (κ2) is 12.0. The molecule has 4 aromatic rings. The molecule has 0 radical (unpaired) electrons. The molecule has 0 saturated carbocycles. The van der Waals surface area contributed by atoms with Crippen LogP contribution in [0.1, 0.15) is 30.2 Å². The van der Waals surface area contributed by atoms with E-state index in [4.69, 9.17) is 9.47 Å². The second-order valence-corrected chi connectivity index (χ2v) is 17.1. The smallest absolute Gasteiger partial charge is 0.269 e. The van der Waals surface area contributed by atoms with Crippen molar-refractivity contribution < 1.29 is 29.0 Å². The third kappa shape index (κ3) is 5.34. The van der Waals surface area contributed by atoms with E-state index in [9.17, 15) is 19.5 Å². The summed E-state index contributed by atoms with van der Waals surface area (Å²) in [5.41, 5.74) is 2.70. The van der Waals surface area contributed by atoms with Crippen molar-refractivity contribution in [3.63, 3.8) is 0 Å². The van der Waals surface area contributed by atoms with Crippen molar-refractivity contribution >= 4 is 37.2 Å². The van der Waals surface area contributed by atoms with E-state index in [2.05, 4.69) is 10.3 Å². The molecular formula is C35H39N5O6Si. The zero-order valence-corrected chi connectivity index (χ0v) is 27.7. The highest BCUT2D eigenvalue weighted by molar-refractivity contribution is 6.71. The number of hydrogen-bond donors (Lipinski definition) is 2. The first-order valence-corrected chi connectivity index (χ1v) is 19.1. The van der Waals surface area contributed by atoms with Gasteiger partial charge in [0.25, 0.3) is 11.8 Å². The maximum Gasteiger partial charge on any atom is 0.269 e. The van der Waals surface area contributed by atoms with E-state index in [1.54, 1.807) is 14.5 Å². The molecule has 11 nitrogen and oxygen atoms in total. The molecule has 0 aliphatic carbocycles. The first-order valence-electron chi connectivity index (χ1n) is 16.1. The zero-order valence-electron chi connectivity index (χ0n) is 26.7. The summed E-state index contributed by atoms with van der Waals surface area (Å²) in [6.07, 6.45) is 2.29. The molecule has 1 fully saturated rings. The highest BCUT2D eigenvalue weighted by atomic mass is 28.4. The number of aryl methyl sites for hydroxylation is 1. The van der Waals surface area contributed by atoms with E-state index in [0.29, 0.717) is 54.3 Å². The highest BCUT2D eigenvalue weighted by Crippen LogP contribution is 2.60. The van der Waals surface area contributed by atoms with Crippen LogP contribution in [-0.2, 0) is 39.4 Å². The number of benzene rings is 3. The van der Waals surface area contributed by atoms with E-state index in [1.807, 2.05) is 99.0 Å². The number of nitrogens with zero attached hydrogens (tertiary/aromatic N) is 5. The van der Waals surface area contributed by atoms with E-state index >= 15 is 0 Å². The summed E-state index contributed by atoms with van der Waals surface area (Å²) >= 11 is 0. The van der Waals surface area contributed by atoms with Gasteiger partial charge in [0.2, 0.25) is 0 Å². The summed E-state index contributed by atoms with van der Waals surface area (Å²) < 4.78 is 14.5. The van der Waals surface area contributed by atoms with Gasteiger partial charge in [-0.1, -0.05) is 54.6 Å². The standard InChI is InChI=1S/C35H39N5O6Si/c1-23-33(47(2,3)44)31(15-17-38-21-25(16-18-41)36-37-38)46-35(23)27-19-26(40-29-11-7-8-12-30(29)45-22-32(40)42)13-14-28(27)39(34(35)43)20-24-9-5-4-6-10-24/h4-14,19,21,23,31,33,41,44H,15-18,20,22H2,1-3H3/t23-,31+,33-,35+/m0/s1. The molecule has 0 bridgehead atoms. The molecule has 7 rings (SSSR count). The molecule has 47 heavy (non-hydrogen) atoms. The van der Waals surface area contributed by atoms with Crippen molar-refractivity contribution in [2.75, 3.05) is 23.0 Å². The topological polar surface area (TPSA) is 130 Å². The number of aromatic nitrogens is 3. The normalized spacial score (nSPS) is 23.7. The van der Waals surface area contributed by atoms with Gasteiger partial charge in [0.15, 0.2) is 20.5 Å². The number of fused-ring (bicyclic) bond motifs is 3. The Balaban J connectivity index is 1.32. The first-order chi connectivity index (χ1) is 22.6. The molecule has 244 valence electrons. The molecule has 1 saturated heterocycles. The molecule has 1 aromatic heterocycles. The van der Waals surface area contributed by atoms with Crippen LogP contribution >= 0.6 is 0 Å². The molecule has 3 aromatic carbocycles. The lowest BCUT2D eigenvalue weighted by Crippen LogP contribution is -2.46. The number of amides is 2. The number of para-hydroxylation sites is 2. The number of hydrogen-bond acceptors (Lipinski definition) is 8. The van der Waals surface area contributed by atoms with Gasteiger partial charge in [-0.3, -0.25) is 19.2 Å². The van der Waals surface area contributed by atoms with Crippen molar-refractivity contribution in [1.29, 1.82) is 0 Å². The van der Waals surface area contributed by atoms with Crippen molar-refractivity contribution in [3.05, 3.63) is 95.8 Å². The first kappa shape index (κ1) is 31.2. The number of carbonyl (C=O) groups excluding carboxylic acids is 2. The quantitative estimate of drug-likeness (QED) is 0.256. The molecule has 0 unspecified atom stereocenters. The molecular weight excluding hydrogens is 615 g/mol. The molecule has 3 aliphatic rings. The Morgan fingerprint density at radius 1 is 1.02 bits per heavy atom. The molecule has 1 spiro atoms.